The molecule has 1 heterocycles. The van der Waals surface area contributed by atoms with Crippen LogP contribution in [0.25, 0.3) is 10.8 Å². The topological polar surface area (TPSA) is 65.5 Å². The number of carbonyl (C=O) groups is 1. The summed E-state index contributed by atoms with van der Waals surface area (Å²) in [5, 5.41) is 14.0. The molecule has 0 saturated carbocycles. The summed E-state index contributed by atoms with van der Waals surface area (Å²) in [5.74, 6) is -0.182. The van der Waals surface area contributed by atoms with E-state index in [1.807, 2.05) is 38.2 Å². The number of likely N-dealkylation sites (N-methyl/N-ethyl adjacent to an activating group) is 1. The van der Waals surface area contributed by atoms with E-state index in [9.17, 15) is 4.79 Å². The number of rotatable bonds is 4. The van der Waals surface area contributed by atoms with Gasteiger partial charge in [0.05, 0.1) is 0 Å². The van der Waals surface area contributed by atoms with Gasteiger partial charge in [-0.15, -0.1) is 0 Å². The molecule has 0 amide bonds. The Labute approximate surface area is 111 Å². The molecule has 0 radical (unpaired) electrons. The lowest BCUT2D eigenvalue weighted by Crippen LogP contribution is -2.26. The van der Waals surface area contributed by atoms with Gasteiger partial charge in [0.1, 0.15) is 12.4 Å². The van der Waals surface area contributed by atoms with E-state index in [0.29, 0.717) is 5.82 Å². The molecule has 0 unspecified atom stereocenters. The van der Waals surface area contributed by atoms with Crippen molar-refractivity contribution in [3.8, 4) is 0 Å². The summed E-state index contributed by atoms with van der Waals surface area (Å²) in [6, 6.07) is 7.88. The Hall–Kier alpha value is -2.30. The Morgan fingerprint density at radius 3 is 2.79 bits per heavy atom. The van der Waals surface area contributed by atoms with E-state index >= 15 is 0 Å². The van der Waals surface area contributed by atoms with Gasteiger partial charge < -0.3 is 15.3 Å². The number of aromatic nitrogens is 1. The van der Waals surface area contributed by atoms with Gasteiger partial charge in [-0.2, -0.15) is 0 Å². The highest BCUT2D eigenvalue weighted by atomic mass is 16.4. The van der Waals surface area contributed by atoms with Crippen LogP contribution in [-0.2, 0) is 4.79 Å². The molecule has 0 fully saturated rings. The van der Waals surface area contributed by atoms with Crippen LogP contribution in [0.1, 0.15) is 5.69 Å². The SMILES string of the molecule is CNc1cccc2c(N(C)CC(=O)O)nc(C)cc12. The Morgan fingerprint density at radius 1 is 1.42 bits per heavy atom. The smallest absolute Gasteiger partial charge is 0.323 e. The van der Waals surface area contributed by atoms with Crippen LogP contribution in [0.2, 0.25) is 0 Å². The predicted molar refractivity (Wildman–Crippen MR) is 76.9 cm³/mol. The molecule has 0 atom stereocenters. The molecule has 0 saturated heterocycles. The van der Waals surface area contributed by atoms with Gasteiger partial charge in [0.25, 0.3) is 0 Å². The Morgan fingerprint density at radius 2 is 2.16 bits per heavy atom. The van der Waals surface area contributed by atoms with Crippen LogP contribution in [0.4, 0.5) is 11.5 Å². The number of pyridine rings is 1. The molecule has 19 heavy (non-hydrogen) atoms. The zero-order valence-electron chi connectivity index (χ0n) is 11.3. The Kier molecular flexibility index (Phi) is 3.55. The fraction of sp³-hybridized carbons (Fsp3) is 0.286. The van der Waals surface area contributed by atoms with E-state index in [4.69, 9.17) is 5.11 Å². The van der Waals surface area contributed by atoms with E-state index in [-0.39, 0.29) is 6.54 Å². The van der Waals surface area contributed by atoms with Crippen LogP contribution in [-0.4, -0.2) is 36.7 Å². The van der Waals surface area contributed by atoms with Gasteiger partial charge in [0.2, 0.25) is 0 Å². The Balaban J connectivity index is 2.63. The maximum absolute atomic E-state index is 10.8. The van der Waals surface area contributed by atoms with Crippen molar-refractivity contribution in [2.45, 2.75) is 6.92 Å². The quantitative estimate of drug-likeness (QED) is 0.880. The highest BCUT2D eigenvalue weighted by molar-refractivity contribution is 6.00. The molecule has 5 heteroatoms. The first-order valence-corrected chi connectivity index (χ1v) is 6.04. The van der Waals surface area contributed by atoms with Gasteiger partial charge in [0.15, 0.2) is 0 Å². The largest absolute Gasteiger partial charge is 0.480 e. The van der Waals surface area contributed by atoms with Crippen molar-refractivity contribution in [1.29, 1.82) is 0 Å². The van der Waals surface area contributed by atoms with E-state index in [2.05, 4.69) is 10.3 Å². The lowest BCUT2D eigenvalue weighted by atomic mass is 10.1. The highest BCUT2D eigenvalue weighted by Gasteiger charge is 2.13. The molecule has 2 rings (SSSR count). The lowest BCUT2D eigenvalue weighted by Gasteiger charge is -2.19. The number of hydrogen-bond donors (Lipinski definition) is 2. The van der Waals surface area contributed by atoms with Crippen molar-refractivity contribution in [1.82, 2.24) is 4.98 Å². The van der Waals surface area contributed by atoms with Crippen LogP contribution in [0.3, 0.4) is 0 Å². The summed E-state index contributed by atoms with van der Waals surface area (Å²) < 4.78 is 0. The molecule has 0 aliphatic heterocycles. The maximum Gasteiger partial charge on any atom is 0.323 e. The van der Waals surface area contributed by atoms with Crippen molar-refractivity contribution in [3.05, 3.63) is 30.0 Å². The number of carboxylic acid groups (broad SMARTS) is 1. The average Bonchev–Trinajstić information content (AvgIpc) is 2.36. The van der Waals surface area contributed by atoms with E-state index < -0.39 is 5.97 Å². The zero-order chi connectivity index (χ0) is 14.0. The molecule has 100 valence electrons. The van der Waals surface area contributed by atoms with Crippen LogP contribution >= 0.6 is 0 Å². The minimum absolute atomic E-state index is 0.0741. The number of benzene rings is 1. The number of carboxylic acids is 1. The lowest BCUT2D eigenvalue weighted by molar-refractivity contribution is -0.135. The second kappa shape index (κ2) is 5.14. The normalized spacial score (nSPS) is 10.5. The van der Waals surface area contributed by atoms with Crippen molar-refractivity contribution in [2.75, 3.05) is 30.9 Å². The molecule has 2 N–H and O–H groups in total. The molecule has 0 spiro atoms. The number of nitrogens with one attached hydrogen (secondary N) is 1. The van der Waals surface area contributed by atoms with Crippen molar-refractivity contribution < 1.29 is 9.90 Å². The summed E-state index contributed by atoms with van der Waals surface area (Å²) in [6.45, 7) is 1.83. The minimum atomic E-state index is -0.872. The van der Waals surface area contributed by atoms with Crippen molar-refractivity contribution in [3.63, 3.8) is 0 Å². The summed E-state index contributed by atoms with van der Waals surface area (Å²) in [7, 11) is 3.60. The van der Waals surface area contributed by atoms with Crippen LogP contribution < -0.4 is 10.2 Å². The molecule has 1 aromatic heterocycles. The molecule has 1 aromatic carbocycles. The molecule has 0 bridgehead atoms. The first kappa shape index (κ1) is 13.1. The van der Waals surface area contributed by atoms with Crippen LogP contribution in [0.5, 0.6) is 0 Å². The molecule has 5 nitrogen and oxygen atoms in total. The van der Waals surface area contributed by atoms with Crippen LogP contribution in [0.15, 0.2) is 24.3 Å². The third-order valence-corrected chi connectivity index (χ3v) is 2.99. The number of anilines is 2. The average molecular weight is 259 g/mol. The number of fused-ring (bicyclic) bond motifs is 1. The fourth-order valence-electron chi connectivity index (χ4n) is 2.17. The number of aryl methyl sites for hydroxylation is 1. The summed E-state index contributed by atoms with van der Waals surface area (Å²) in [5.41, 5.74) is 1.87. The maximum atomic E-state index is 10.8. The van der Waals surface area contributed by atoms with Gasteiger partial charge in [0, 0.05) is 36.2 Å². The van der Waals surface area contributed by atoms with Crippen LogP contribution in [0, 0.1) is 6.92 Å². The third kappa shape index (κ3) is 2.59. The van der Waals surface area contributed by atoms with Gasteiger partial charge in [-0.3, -0.25) is 4.79 Å². The standard InChI is InChI=1S/C14H17N3O2/c1-9-7-11-10(5-4-6-12(11)15-2)14(16-9)17(3)8-13(18)19/h4-7,15H,8H2,1-3H3,(H,18,19). The number of nitrogens with zero attached hydrogens (tertiary/aromatic N) is 2. The number of hydrogen-bond acceptors (Lipinski definition) is 4. The first-order valence-electron chi connectivity index (χ1n) is 6.04. The van der Waals surface area contributed by atoms with Gasteiger partial charge >= 0.3 is 5.97 Å². The fourth-order valence-corrected chi connectivity index (χ4v) is 2.17. The predicted octanol–water partition coefficient (Wildman–Crippen LogP) is 2.11. The molecule has 0 aliphatic rings. The number of aliphatic carboxylic acids is 1. The minimum Gasteiger partial charge on any atom is -0.480 e. The molecule has 2 aromatic rings. The first-order chi connectivity index (χ1) is 9.02. The highest BCUT2D eigenvalue weighted by Crippen LogP contribution is 2.30. The van der Waals surface area contributed by atoms with E-state index in [1.54, 1.807) is 11.9 Å². The second-order valence-corrected chi connectivity index (χ2v) is 4.49. The van der Waals surface area contributed by atoms with Gasteiger partial charge in [-0.1, -0.05) is 12.1 Å². The second-order valence-electron chi connectivity index (χ2n) is 4.49. The van der Waals surface area contributed by atoms with Crippen molar-refractivity contribution in [2.24, 2.45) is 0 Å². The van der Waals surface area contributed by atoms with Crippen molar-refractivity contribution >= 4 is 28.2 Å². The summed E-state index contributed by atoms with van der Waals surface area (Å²) in [6.07, 6.45) is 0. The zero-order valence-corrected chi connectivity index (χ0v) is 11.3. The Bertz CT molecular complexity index is 625. The molecular weight excluding hydrogens is 242 g/mol. The monoisotopic (exact) mass is 259 g/mol. The van der Waals surface area contributed by atoms with Gasteiger partial charge in [-0.25, -0.2) is 4.98 Å². The summed E-state index contributed by atoms with van der Waals surface area (Å²) in [4.78, 5) is 17.0. The van der Waals surface area contributed by atoms with E-state index in [0.717, 1.165) is 22.2 Å². The van der Waals surface area contributed by atoms with Gasteiger partial charge in [-0.05, 0) is 19.1 Å². The van der Waals surface area contributed by atoms with E-state index in [1.165, 1.54) is 0 Å². The summed E-state index contributed by atoms with van der Waals surface area (Å²) >= 11 is 0. The molecule has 0 aliphatic carbocycles. The third-order valence-electron chi connectivity index (χ3n) is 2.99. The molecular formula is C14H17N3O2.